The van der Waals surface area contributed by atoms with Crippen molar-refractivity contribution < 1.29 is 5.11 Å². The minimum atomic E-state index is 0.00577. The molecule has 0 saturated heterocycles. The summed E-state index contributed by atoms with van der Waals surface area (Å²) in [6.07, 6.45) is 3.37. The topological polar surface area (TPSA) is 50.9 Å². The van der Waals surface area contributed by atoms with Gasteiger partial charge in [-0.25, -0.2) is 4.98 Å². The van der Waals surface area contributed by atoms with Crippen molar-refractivity contribution in [1.29, 1.82) is 0 Å². The zero-order valence-electron chi connectivity index (χ0n) is 8.59. The highest BCUT2D eigenvalue weighted by Gasteiger charge is 2.02. The van der Waals surface area contributed by atoms with Gasteiger partial charge in [-0.1, -0.05) is 6.07 Å². The third-order valence-electron chi connectivity index (χ3n) is 2.24. The highest BCUT2D eigenvalue weighted by molar-refractivity contribution is 5.11. The van der Waals surface area contributed by atoms with Gasteiger partial charge in [0.05, 0.1) is 37.1 Å². The first-order chi connectivity index (χ1) is 7.29. The molecule has 4 heteroatoms. The Hall–Kier alpha value is -1.68. The summed E-state index contributed by atoms with van der Waals surface area (Å²) in [7, 11) is 0. The molecule has 2 aromatic heterocycles. The lowest BCUT2D eigenvalue weighted by Gasteiger charge is -2.05. The molecule has 4 nitrogen and oxygen atoms in total. The molecule has 0 unspecified atom stereocenters. The van der Waals surface area contributed by atoms with E-state index in [1.807, 2.05) is 29.7 Å². The number of hydrogen-bond donors (Lipinski definition) is 1. The molecule has 0 aliphatic carbocycles. The Morgan fingerprint density at radius 2 is 2.27 bits per heavy atom. The first-order valence-electron chi connectivity index (χ1n) is 4.82. The largest absolute Gasteiger partial charge is 0.390 e. The highest BCUT2D eigenvalue weighted by Crippen LogP contribution is 2.05. The molecule has 0 amide bonds. The number of aromatic nitrogens is 3. The van der Waals surface area contributed by atoms with Crippen molar-refractivity contribution in [3.63, 3.8) is 0 Å². The van der Waals surface area contributed by atoms with Gasteiger partial charge in [-0.15, -0.1) is 0 Å². The number of hydrogen-bond acceptors (Lipinski definition) is 3. The standard InChI is InChI=1S/C11H13N3O/c1-9-3-2-4-10(13-9)6-14-8-12-5-11(14)7-15/h2-5,8,15H,6-7H2,1H3. The average Bonchev–Trinajstić information content (AvgIpc) is 2.65. The summed E-state index contributed by atoms with van der Waals surface area (Å²) in [5.41, 5.74) is 2.78. The van der Waals surface area contributed by atoms with E-state index in [2.05, 4.69) is 9.97 Å². The van der Waals surface area contributed by atoms with Crippen LogP contribution < -0.4 is 0 Å². The second-order valence-corrected chi connectivity index (χ2v) is 3.44. The van der Waals surface area contributed by atoms with E-state index in [9.17, 15) is 0 Å². The van der Waals surface area contributed by atoms with Crippen LogP contribution in [0.5, 0.6) is 0 Å². The molecule has 15 heavy (non-hydrogen) atoms. The van der Waals surface area contributed by atoms with Crippen LogP contribution in [-0.2, 0) is 13.2 Å². The van der Waals surface area contributed by atoms with Crippen LogP contribution in [0.15, 0.2) is 30.7 Å². The van der Waals surface area contributed by atoms with Crippen molar-refractivity contribution in [1.82, 2.24) is 14.5 Å². The van der Waals surface area contributed by atoms with Gasteiger partial charge in [-0.05, 0) is 19.1 Å². The highest BCUT2D eigenvalue weighted by atomic mass is 16.3. The van der Waals surface area contributed by atoms with Gasteiger partial charge < -0.3 is 9.67 Å². The molecular weight excluding hydrogens is 190 g/mol. The van der Waals surface area contributed by atoms with Gasteiger partial charge in [0.2, 0.25) is 0 Å². The normalized spacial score (nSPS) is 10.5. The van der Waals surface area contributed by atoms with Crippen LogP contribution in [0.1, 0.15) is 17.1 Å². The van der Waals surface area contributed by atoms with E-state index in [4.69, 9.17) is 5.11 Å². The molecule has 78 valence electrons. The van der Waals surface area contributed by atoms with Crippen LogP contribution in [0.2, 0.25) is 0 Å². The van der Waals surface area contributed by atoms with Crippen molar-refractivity contribution in [3.05, 3.63) is 47.8 Å². The summed E-state index contributed by atoms with van der Waals surface area (Å²) in [5.74, 6) is 0. The third-order valence-corrected chi connectivity index (χ3v) is 2.24. The van der Waals surface area contributed by atoms with Gasteiger partial charge in [0.15, 0.2) is 0 Å². The van der Waals surface area contributed by atoms with E-state index in [1.54, 1.807) is 12.5 Å². The summed E-state index contributed by atoms with van der Waals surface area (Å²) >= 11 is 0. The number of nitrogens with zero attached hydrogens (tertiary/aromatic N) is 3. The summed E-state index contributed by atoms with van der Waals surface area (Å²) in [6, 6.07) is 5.91. The molecular formula is C11H13N3O. The lowest BCUT2D eigenvalue weighted by atomic mass is 10.3. The van der Waals surface area contributed by atoms with Gasteiger partial charge in [-0.3, -0.25) is 4.98 Å². The Kier molecular flexibility index (Phi) is 2.78. The predicted molar refractivity (Wildman–Crippen MR) is 56.2 cm³/mol. The number of rotatable bonds is 3. The maximum atomic E-state index is 9.06. The van der Waals surface area contributed by atoms with Crippen LogP contribution in [0, 0.1) is 6.92 Å². The number of aryl methyl sites for hydroxylation is 1. The minimum Gasteiger partial charge on any atom is -0.390 e. The molecule has 2 heterocycles. The van der Waals surface area contributed by atoms with E-state index < -0.39 is 0 Å². The fourth-order valence-electron chi connectivity index (χ4n) is 1.48. The van der Waals surface area contributed by atoms with Crippen molar-refractivity contribution in [2.75, 3.05) is 0 Å². The molecule has 0 bridgehead atoms. The fraction of sp³-hybridized carbons (Fsp3) is 0.273. The molecule has 0 atom stereocenters. The molecule has 0 radical (unpaired) electrons. The lowest BCUT2D eigenvalue weighted by Crippen LogP contribution is -2.04. The van der Waals surface area contributed by atoms with Crippen LogP contribution in [0.25, 0.3) is 0 Å². The van der Waals surface area contributed by atoms with Gasteiger partial charge in [0, 0.05) is 5.69 Å². The summed E-state index contributed by atoms with van der Waals surface area (Å²) < 4.78 is 1.89. The first-order valence-corrected chi connectivity index (χ1v) is 4.82. The van der Waals surface area contributed by atoms with Gasteiger partial charge in [0.1, 0.15) is 0 Å². The Balaban J connectivity index is 2.22. The molecule has 0 aliphatic rings. The Labute approximate surface area is 88.2 Å². The summed E-state index contributed by atoms with van der Waals surface area (Å²) in [6.45, 7) is 2.62. The molecule has 0 spiro atoms. The van der Waals surface area contributed by atoms with Crippen LogP contribution in [-0.4, -0.2) is 19.6 Å². The molecule has 2 aromatic rings. The number of aliphatic hydroxyl groups is 1. The van der Waals surface area contributed by atoms with Crippen LogP contribution in [0.4, 0.5) is 0 Å². The maximum Gasteiger partial charge on any atom is 0.0952 e. The Morgan fingerprint density at radius 1 is 1.40 bits per heavy atom. The lowest BCUT2D eigenvalue weighted by molar-refractivity contribution is 0.271. The number of aliphatic hydroxyl groups excluding tert-OH is 1. The van der Waals surface area contributed by atoms with E-state index in [0.29, 0.717) is 6.54 Å². The first kappa shape index (κ1) is 9.86. The van der Waals surface area contributed by atoms with Gasteiger partial charge >= 0.3 is 0 Å². The zero-order valence-corrected chi connectivity index (χ0v) is 8.59. The average molecular weight is 203 g/mol. The third kappa shape index (κ3) is 2.22. The van der Waals surface area contributed by atoms with E-state index in [-0.39, 0.29) is 6.61 Å². The molecule has 0 saturated carbocycles. The zero-order chi connectivity index (χ0) is 10.7. The molecule has 1 N–H and O–H groups in total. The van der Waals surface area contributed by atoms with Crippen molar-refractivity contribution >= 4 is 0 Å². The molecule has 0 fully saturated rings. The molecule has 2 rings (SSSR count). The smallest absolute Gasteiger partial charge is 0.0952 e. The van der Waals surface area contributed by atoms with E-state index in [1.165, 1.54) is 0 Å². The Morgan fingerprint density at radius 3 is 3.00 bits per heavy atom. The van der Waals surface area contributed by atoms with Crippen LogP contribution >= 0.6 is 0 Å². The molecule has 0 aliphatic heterocycles. The SMILES string of the molecule is Cc1cccc(Cn2cncc2CO)n1. The van der Waals surface area contributed by atoms with Crippen molar-refractivity contribution in [2.24, 2.45) is 0 Å². The monoisotopic (exact) mass is 203 g/mol. The summed E-state index contributed by atoms with van der Waals surface area (Å²) in [5, 5.41) is 9.06. The van der Waals surface area contributed by atoms with E-state index >= 15 is 0 Å². The van der Waals surface area contributed by atoms with Crippen molar-refractivity contribution in [2.45, 2.75) is 20.1 Å². The number of pyridine rings is 1. The second kappa shape index (κ2) is 4.23. The second-order valence-electron chi connectivity index (χ2n) is 3.44. The Bertz CT molecular complexity index is 451. The van der Waals surface area contributed by atoms with E-state index in [0.717, 1.165) is 17.1 Å². The van der Waals surface area contributed by atoms with Crippen LogP contribution in [0.3, 0.4) is 0 Å². The fourth-order valence-corrected chi connectivity index (χ4v) is 1.48. The summed E-state index contributed by atoms with van der Waals surface area (Å²) in [4.78, 5) is 8.38. The predicted octanol–water partition coefficient (Wildman–Crippen LogP) is 1.13. The van der Waals surface area contributed by atoms with Crippen molar-refractivity contribution in [3.8, 4) is 0 Å². The minimum absolute atomic E-state index is 0.00577. The number of imidazole rings is 1. The quantitative estimate of drug-likeness (QED) is 0.813. The van der Waals surface area contributed by atoms with Gasteiger partial charge in [0.25, 0.3) is 0 Å². The molecule has 0 aromatic carbocycles. The van der Waals surface area contributed by atoms with Gasteiger partial charge in [-0.2, -0.15) is 0 Å². The maximum absolute atomic E-state index is 9.06.